The van der Waals surface area contributed by atoms with Gasteiger partial charge in [-0.1, -0.05) is 42.5 Å². The number of amides is 1. The number of hydrogen-bond donors (Lipinski definition) is 1. The van der Waals surface area contributed by atoms with E-state index in [1.807, 2.05) is 60.7 Å². The second-order valence-corrected chi connectivity index (χ2v) is 4.93. The van der Waals surface area contributed by atoms with Gasteiger partial charge in [0, 0.05) is 11.6 Å². The molecule has 23 heavy (non-hydrogen) atoms. The van der Waals surface area contributed by atoms with Crippen molar-refractivity contribution in [1.82, 2.24) is 10.3 Å². The molecule has 0 aliphatic carbocycles. The molecule has 3 aromatic rings. The maximum absolute atomic E-state index is 12.0. The summed E-state index contributed by atoms with van der Waals surface area (Å²) >= 11 is 0. The fourth-order valence-electron chi connectivity index (χ4n) is 2.08. The molecule has 4 heteroatoms. The Morgan fingerprint density at radius 1 is 0.870 bits per heavy atom. The molecule has 0 radical (unpaired) electrons. The van der Waals surface area contributed by atoms with Crippen molar-refractivity contribution in [2.75, 3.05) is 0 Å². The van der Waals surface area contributed by atoms with Crippen molar-refractivity contribution in [3.63, 3.8) is 0 Å². The first-order valence-electron chi connectivity index (χ1n) is 7.33. The molecule has 0 aliphatic heterocycles. The first-order valence-corrected chi connectivity index (χ1v) is 7.33. The van der Waals surface area contributed by atoms with E-state index in [0.29, 0.717) is 18.0 Å². The van der Waals surface area contributed by atoms with E-state index in [4.69, 9.17) is 4.74 Å². The molecule has 2 aromatic carbocycles. The molecule has 1 heterocycles. The van der Waals surface area contributed by atoms with Gasteiger partial charge in [-0.05, 0) is 30.3 Å². The molecule has 0 saturated carbocycles. The normalized spacial score (nSPS) is 10.1. The van der Waals surface area contributed by atoms with Crippen LogP contribution in [0.15, 0.2) is 78.9 Å². The molecule has 0 unspecified atom stereocenters. The van der Waals surface area contributed by atoms with Crippen molar-refractivity contribution >= 4 is 5.91 Å². The van der Waals surface area contributed by atoms with Crippen LogP contribution in [0.3, 0.4) is 0 Å². The fourth-order valence-corrected chi connectivity index (χ4v) is 2.08. The highest BCUT2D eigenvalue weighted by atomic mass is 16.5. The first kappa shape index (κ1) is 14.8. The molecule has 3 rings (SSSR count). The number of pyridine rings is 1. The average molecular weight is 304 g/mol. The molecular formula is C19H16N2O2. The zero-order valence-corrected chi connectivity index (χ0v) is 12.5. The Morgan fingerprint density at radius 2 is 1.57 bits per heavy atom. The first-order chi connectivity index (χ1) is 11.3. The SMILES string of the molecule is O=C(NCc1cccc(Oc2ccccc2)n1)c1ccccc1. The molecule has 114 valence electrons. The molecule has 4 nitrogen and oxygen atoms in total. The zero-order chi connectivity index (χ0) is 15.9. The summed E-state index contributed by atoms with van der Waals surface area (Å²) in [5.74, 6) is 1.11. The van der Waals surface area contributed by atoms with E-state index in [-0.39, 0.29) is 5.91 Å². The van der Waals surface area contributed by atoms with Gasteiger partial charge in [0.2, 0.25) is 5.88 Å². The lowest BCUT2D eigenvalue weighted by molar-refractivity contribution is 0.0950. The molecule has 0 saturated heterocycles. The van der Waals surface area contributed by atoms with Gasteiger partial charge in [-0.2, -0.15) is 0 Å². The van der Waals surface area contributed by atoms with Crippen LogP contribution >= 0.6 is 0 Å². The van der Waals surface area contributed by atoms with E-state index in [2.05, 4.69) is 10.3 Å². The number of hydrogen-bond acceptors (Lipinski definition) is 3. The number of nitrogens with one attached hydrogen (secondary N) is 1. The third-order valence-electron chi connectivity index (χ3n) is 3.21. The number of rotatable bonds is 5. The second-order valence-electron chi connectivity index (χ2n) is 4.93. The summed E-state index contributed by atoms with van der Waals surface area (Å²) < 4.78 is 5.69. The van der Waals surface area contributed by atoms with Crippen molar-refractivity contribution in [3.05, 3.63) is 90.1 Å². The Balaban J connectivity index is 1.63. The third kappa shape index (κ3) is 4.17. The monoisotopic (exact) mass is 304 g/mol. The number of para-hydroxylation sites is 1. The van der Waals surface area contributed by atoms with Crippen LogP contribution in [0.4, 0.5) is 0 Å². The highest BCUT2D eigenvalue weighted by Crippen LogP contribution is 2.18. The molecular weight excluding hydrogens is 288 g/mol. The van der Waals surface area contributed by atoms with Crippen molar-refractivity contribution < 1.29 is 9.53 Å². The van der Waals surface area contributed by atoms with Crippen molar-refractivity contribution in [2.45, 2.75) is 6.54 Å². The van der Waals surface area contributed by atoms with E-state index >= 15 is 0 Å². The van der Waals surface area contributed by atoms with E-state index in [1.54, 1.807) is 18.2 Å². The molecule has 0 atom stereocenters. The molecule has 0 spiro atoms. The summed E-state index contributed by atoms with van der Waals surface area (Å²) in [6.07, 6.45) is 0. The minimum atomic E-state index is -0.123. The van der Waals surface area contributed by atoms with Crippen LogP contribution in [0.1, 0.15) is 16.1 Å². The van der Waals surface area contributed by atoms with Gasteiger partial charge in [0.05, 0.1) is 12.2 Å². The Hall–Kier alpha value is -3.14. The van der Waals surface area contributed by atoms with E-state index in [9.17, 15) is 4.79 Å². The van der Waals surface area contributed by atoms with Crippen molar-refractivity contribution in [1.29, 1.82) is 0 Å². The summed E-state index contributed by atoms with van der Waals surface area (Å²) in [6, 6.07) is 24.1. The predicted molar refractivity (Wildman–Crippen MR) is 88.4 cm³/mol. The largest absolute Gasteiger partial charge is 0.439 e. The molecule has 0 bridgehead atoms. The second kappa shape index (κ2) is 7.22. The zero-order valence-electron chi connectivity index (χ0n) is 12.5. The highest BCUT2D eigenvalue weighted by molar-refractivity contribution is 5.94. The fraction of sp³-hybridized carbons (Fsp3) is 0.0526. The van der Waals surface area contributed by atoms with Crippen LogP contribution in [0.2, 0.25) is 0 Å². The average Bonchev–Trinajstić information content (AvgIpc) is 2.62. The van der Waals surface area contributed by atoms with Crippen LogP contribution in [-0.2, 0) is 6.54 Å². The summed E-state index contributed by atoms with van der Waals surface area (Å²) in [4.78, 5) is 16.4. The lowest BCUT2D eigenvalue weighted by Crippen LogP contribution is -2.23. The maximum atomic E-state index is 12.0. The van der Waals surface area contributed by atoms with E-state index in [0.717, 1.165) is 11.4 Å². The summed E-state index contributed by atoms with van der Waals surface area (Å²) in [6.45, 7) is 0.347. The van der Waals surface area contributed by atoms with Gasteiger partial charge in [0.25, 0.3) is 5.91 Å². The standard InChI is InChI=1S/C19H16N2O2/c22-19(15-8-3-1-4-9-15)20-14-16-10-7-13-18(21-16)23-17-11-5-2-6-12-17/h1-13H,14H2,(H,20,22). The molecule has 1 N–H and O–H groups in total. The Labute approximate surface area is 134 Å². The summed E-state index contributed by atoms with van der Waals surface area (Å²) in [7, 11) is 0. The summed E-state index contributed by atoms with van der Waals surface area (Å²) in [5.41, 5.74) is 1.37. The smallest absolute Gasteiger partial charge is 0.251 e. The van der Waals surface area contributed by atoms with Crippen LogP contribution in [0.5, 0.6) is 11.6 Å². The van der Waals surface area contributed by atoms with Crippen LogP contribution < -0.4 is 10.1 Å². The van der Waals surface area contributed by atoms with Gasteiger partial charge in [-0.15, -0.1) is 0 Å². The quantitative estimate of drug-likeness (QED) is 0.780. The number of ether oxygens (including phenoxy) is 1. The van der Waals surface area contributed by atoms with E-state index in [1.165, 1.54) is 0 Å². The lowest BCUT2D eigenvalue weighted by Gasteiger charge is -2.08. The third-order valence-corrected chi connectivity index (χ3v) is 3.21. The van der Waals surface area contributed by atoms with E-state index < -0.39 is 0 Å². The Morgan fingerprint density at radius 3 is 2.30 bits per heavy atom. The molecule has 0 aliphatic rings. The maximum Gasteiger partial charge on any atom is 0.251 e. The van der Waals surface area contributed by atoms with Crippen LogP contribution in [0.25, 0.3) is 0 Å². The Kier molecular flexibility index (Phi) is 4.64. The number of nitrogens with zero attached hydrogens (tertiary/aromatic N) is 1. The van der Waals surface area contributed by atoms with Crippen LogP contribution in [-0.4, -0.2) is 10.9 Å². The van der Waals surface area contributed by atoms with Gasteiger partial charge < -0.3 is 10.1 Å². The topological polar surface area (TPSA) is 51.2 Å². The minimum Gasteiger partial charge on any atom is -0.439 e. The lowest BCUT2D eigenvalue weighted by atomic mass is 10.2. The predicted octanol–water partition coefficient (Wildman–Crippen LogP) is 3.80. The van der Waals surface area contributed by atoms with Gasteiger partial charge in [0.15, 0.2) is 0 Å². The molecule has 1 amide bonds. The number of aromatic nitrogens is 1. The summed E-state index contributed by atoms with van der Waals surface area (Å²) in [5, 5.41) is 2.85. The Bertz CT molecular complexity index is 774. The number of carbonyl (C=O) groups is 1. The van der Waals surface area contributed by atoms with Gasteiger partial charge in [-0.25, -0.2) is 4.98 Å². The highest BCUT2D eigenvalue weighted by Gasteiger charge is 2.05. The van der Waals surface area contributed by atoms with Gasteiger partial charge in [0.1, 0.15) is 5.75 Å². The van der Waals surface area contributed by atoms with Gasteiger partial charge >= 0.3 is 0 Å². The minimum absolute atomic E-state index is 0.123. The number of carbonyl (C=O) groups excluding carboxylic acids is 1. The molecule has 0 fully saturated rings. The van der Waals surface area contributed by atoms with Gasteiger partial charge in [-0.3, -0.25) is 4.79 Å². The van der Waals surface area contributed by atoms with Crippen molar-refractivity contribution in [3.8, 4) is 11.6 Å². The van der Waals surface area contributed by atoms with Crippen molar-refractivity contribution in [2.24, 2.45) is 0 Å². The molecule has 1 aromatic heterocycles. The number of benzene rings is 2. The van der Waals surface area contributed by atoms with Crippen LogP contribution in [0, 0.1) is 0 Å².